The van der Waals surface area contributed by atoms with Gasteiger partial charge in [0.1, 0.15) is 5.78 Å². The standard InChI is InChI=1S/C13H17ClO/c1-10-4-3-5-12(8-10)9-13(6-7-14)11(2)15/h3-5,8,13H,6-7,9H2,1-2H3. The molecule has 15 heavy (non-hydrogen) atoms. The highest BCUT2D eigenvalue weighted by atomic mass is 35.5. The molecular weight excluding hydrogens is 208 g/mol. The zero-order chi connectivity index (χ0) is 11.3. The molecule has 0 aliphatic rings. The van der Waals surface area contributed by atoms with Crippen LogP contribution >= 0.6 is 11.6 Å². The van der Waals surface area contributed by atoms with Gasteiger partial charge in [-0.1, -0.05) is 29.8 Å². The van der Waals surface area contributed by atoms with Gasteiger partial charge in [-0.3, -0.25) is 4.79 Å². The Morgan fingerprint density at radius 1 is 1.47 bits per heavy atom. The van der Waals surface area contributed by atoms with E-state index in [9.17, 15) is 4.79 Å². The second kappa shape index (κ2) is 5.92. The lowest BCUT2D eigenvalue weighted by atomic mass is 9.93. The van der Waals surface area contributed by atoms with Gasteiger partial charge >= 0.3 is 0 Å². The van der Waals surface area contributed by atoms with E-state index in [4.69, 9.17) is 11.6 Å². The van der Waals surface area contributed by atoms with Gasteiger partial charge in [0.15, 0.2) is 0 Å². The van der Waals surface area contributed by atoms with E-state index in [1.54, 1.807) is 6.92 Å². The molecule has 0 radical (unpaired) electrons. The van der Waals surface area contributed by atoms with E-state index in [1.165, 1.54) is 11.1 Å². The quantitative estimate of drug-likeness (QED) is 0.701. The lowest BCUT2D eigenvalue weighted by Gasteiger charge is -2.12. The molecule has 0 spiro atoms. The molecule has 1 rings (SSSR count). The Bertz CT molecular complexity index is 333. The van der Waals surface area contributed by atoms with Crippen LogP contribution in [0.2, 0.25) is 0 Å². The van der Waals surface area contributed by atoms with E-state index in [0.29, 0.717) is 5.88 Å². The molecule has 1 aromatic carbocycles. The monoisotopic (exact) mass is 224 g/mol. The minimum atomic E-state index is 0.0734. The van der Waals surface area contributed by atoms with Crippen LogP contribution < -0.4 is 0 Å². The summed E-state index contributed by atoms with van der Waals surface area (Å²) in [6.45, 7) is 3.71. The van der Waals surface area contributed by atoms with Crippen LogP contribution in [0.5, 0.6) is 0 Å². The second-order valence-corrected chi connectivity index (χ2v) is 4.36. The average molecular weight is 225 g/mol. The molecule has 0 N–H and O–H groups in total. The van der Waals surface area contributed by atoms with Gasteiger partial charge in [-0.25, -0.2) is 0 Å². The summed E-state index contributed by atoms with van der Waals surface area (Å²) in [4.78, 5) is 11.4. The average Bonchev–Trinajstić information content (AvgIpc) is 2.17. The second-order valence-electron chi connectivity index (χ2n) is 3.98. The molecule has 0 bridgehead atoms. The zero-order valence-corrected chi connectivity index (χ0v) is 10.1. The van der Waals surface area contributed by atoms with E-state index in [-0.39, 0.29) is 11.7 Å². The maximum Gasteiger partial charge on any atom is 0.133 e. The molecule has 0 saturated carbocycles. The molecule has 0 fully saturated rings. The third-order valence-corrected chi connectivity index (χ3v) is 2.82. The van der Waals surface area contributed by atoms with E-state index >= 15 is 0 Å². The van der Waals surface area contributed by atoms with Crippen LogP contribution in [-0.4, -0.2) is 11.7 Å². The topological polar surface area (TPSA) is 17.1 Å². The fourth-order valence-corrected chi connectivity index (χ4v) is 1.97. The molecule has 2 heteroatoms. The van der Waals surface area contributed by atoms with Crippen molar-refractivity contribution in [3.05, 3.63) is 35.4 Å². The van der Waals surface area contributed by atoms with Gasteiger partial charge in [-0.15, -0.1) is 11.6 Å². The molecule has 1 aromatic rings. The van der Waals surface area contributed by atoms with Crippen molar-refractivity contribution in [2.75, 3.05) is 5.88 Å². The van der Waals surface area contributed by atoms with E-state index in [0.717, 1.165) is 12.8 Å². The van der Waals surface area contributed by atoms with Crippen LogP contribution in [0.1, 0.15) is 24.5 Å². The van der Waals surface area contributed by atoms with Crippen molar-refractivity contribution in [2.45, 2.75) is 26.7 Å². The van der Waals surface area contributed by atoms with E-state index in [2.05, 4.69) is 25.1 Å². The normalized spacial score (nSPS) is 12.5. The molecular formula is C13H17ClO. The third kappa shape index (κ3) is 4.05. The summed E-state index contributed by atoms with van der Waals surface area (Å²) >= 11 is 5.69. The fourth-order valence-electron chi connectivity index (χ4n) is 1.70. The molecule has 1 atom stereocenters. The van der Waals surface area contributed by atoms with Gasteiger partial charge in [0.25, 0.3) is 0 Å². The van der Waals surface area contributed by atoms with Crippen molar-refractivity contribution in [3.8, 4) is 0 Å². The Labute approximate surface area is 96.5 Å². The fraction of sp³-hybridized carbons (Fsp3) is 0.462. The number of benzene rings is 1. The number of halogens is 1. The van der Waals surface area contributed by atoms with E-state index in [1.807, 2.05) is 6.07 Å². The smallest absolute Gasteiger partial charge is 0.133 e. The number of rotatable bonds is 5. The van der Waals surface area contributed by atoms with Gasteiger partial charge in [-0.05, 0) is 32.3 Å². The number of ketones is 1. The first-order valence-electron chi connectivity index (χ1n) is 5.25. The van der Waals surface area contributed by atoms with Crippen molar-refractivity contribution >= 4 is 17.4 Å². The first kappa shape index (κ1) is 12.3. The number of aryl methyl sites for hydroxylation is 1. The summed E-state index contributed by atoms with van der Waals surface area (Å²) < 4.78 is 0. The van der Waals surface area contributed by atoms with Crippen molar-refractivity contribution < 1.29 is 4.79 Å². The van der Waals surface area contributed by atoms with Gasteiger partial charge in [0.05, 0.1) is 0 Å². The molecule has 1 nitrogen and oxygen atoms in total. The van der Waals surface area contributed by atoms with Gasteiger partial charge in [0, 0.05) is 11.8 Å². The van der Waals surface area contributed by atoms with Crippen molar-refractivity contribution in [2.24, 2.45) is 5.92 Å². The number of carbonyl (C=O) groups is 1. The predicted molar refractivity (Wildman–Crippen MR) is 64.4 cm³/mol. The number of Topliss-reactive ketones (excluding diaryl/α,β-unsaturated/α-hetero) is 1. The predicted octanol–water partition coefficient (Wildman–Crippen LogP) is 3.37. The molecule has 0 aliphatic carbocycles. The summed E-state index contributed by atoms with van der Waals surface area (Å²) in [5.41, 5.74) is 2.46. The lowest BCUT2D eigenvalue weighted by molar-refractivity contribution is -0.120. The van der Waals surface area contributed by atoms with Crippen LogP contribution in [0, 0.1) is 12.8 Å². The Balaban J connectivity index is 2.69. The largest absolute Gasteiger partial charge is 0.300 e. The maximum atomic E-state index is 11.4. The summed E-state index contributed by atoms with van der Waals surface area (Å²) in [6.07, 6.45) is 1.58. The summed E-state index contributed by atoms with van der Waals surface area (Å²) in [7, 11) is 0. The highest BCUT2D eigenvalue weighted by Crippen LogP contribution is 2.15. The minimum Gasteiger partial charge on any atom is -0.300 e. The highest BCUT2D eigenvalue weighted by molar-refractivity contribution is 6.18. The first-order chi connectivity index (χ1) is 7.13. The van der Waals surface area contributed by atoms with Crippen molar-refractivity contribution in [3.63, 3.8) is 0 Å². The number of alkyl halides is 1. The first-order valence-corrected chi connectivity index (χ1v) is 5.79. The molecule has 1 unspecified atom stereocenters. The third-order valence-electron chi connectivity index (χ3n) is 2.60. The van der Waals surface area contributed by atoms with Crippen LogP contribution in [0.4, 0.5) is 0 Å². The number of hydrogen-bond donors (Lipinski definition) is 0. The zero-order valence-electron chi connectivity index (χ0n) is 9.29. The van der Waals surface area contributed by atoms with E-state index < -0.39 is 0 Å². The van der Waals surface area contributed by atoms with Gasteiger partial charge in [0.2, 0.25) is 0 Å². The maximum absolute atomic E-state index is 11.4. The van der Waals surface area contributed by atoms with Crippen LogP contribution in [0.3, 0.4) is 0 Å². The van der Waals surface area contributed by atoms with Crippen LogP contribution in [-0.2, 0) is 11.2 Å². The molecule has 0 saturated heterocycles. The summed E-state index contributed by atoms with van der Waals surface area (Å²) in [5, 5.41) is 0. The number of carbonyl (C=O) groups excluding carboxylic acids is 1. The molecule has 0 amide bonds. The Kier molecular flexibility index (Phi) is 4.83. The lowest BCUT2D eigenvalue weighted by Crippen LogP contribution is -2.14. The summed E-state index contributed by atoms with van der Waals surface area (Å²) in [6, 6.07) is 8.29. The van der Waals surface area contributed by atoms with Crippen molar-refractivity contribution in [1.29, 1.82) is 0 Å². The Morgan fingerprint density at radius 2 is 2.20 bits per heavy atom. The van der Waals surface area contributed by atoms with Crippen LogP contribution in [0.25, 0.3) is 0 Å². The summed E-state index contributed by atoms with van der Waals surface area (Å²) in [5.74, 6) is 0.859. The highest BCUT2D eigenvalue weighted by Gasteiger charge is 2.13. The molecule has 82 valence electrons. The van der Waals surface area contributed by atoms with Gasteiger partial charge < -0.3 is 0 Å². The minimum absolute atomic E-state index is 0.0734. The Morgan fingerprint density at radius 3 is 2.73 bits per heavy atom. The Hall–Kier alpha value is -0.820. The molecule has 0 aliphatic heterocycles. The van der Waals surface area contributed by atoms with Crippen LogP contribution in [0.15, 0.2) is 24.3 Å². The van der Waals surface area contributed by atoms with Crippen molar-refractivity contribution in [1.82, 2.24) is 0 Å². The van der Waals surface area contributed by atoms with Gasteiger partial charge in [-0.2, -0.15) is 0 Å². The SMILES string of the molecule is CC(=O)C(CCCl)Cc1cccc(C)c1. The number of hydrogen-bond acceptors (Lipinski definition) is 1. The molecule has 0 aromatic heterocycles. The molecule has 0 heterocycles.